The van der Waals surface area contributed by atoms with Gasteiger partial charge in [0.15, 0.2) is 0 Å². The molecular weight excluding hydrogens is 366 g/mol. The molecule has 3 saturated heterocycles. The summed E-state index contributed by atoms with van der Waals surface area (Å²) in [5.74, 6) is 1.79. The number of carbonyl (C=O) groups excluding carboxylic acids is 2. The number of amides is 2. The first-order valence-electron chi connectivity index (χ1n) is 10.7. The monoisotopic (exact) mass is 395 g/mol. The second kappa shape index (κ2) is 7.13. The Balaban J connectivity index is 1.34. The molecule has 0 spiro atoms. The molecule has 0 aliphatic carbocycles. The van der Waals surface area contributed by atoms with Crippen molar-refractivity contribution in [2.45, 2.75) is 51.2 Å². The van der Waals surface area contributed by atoms with E-state index in [0.717, 1.165) is 54.8 Å². The lowest BCUT2D eigenvalue weighted by atomic mass is 9.72. The largest absolute Gasteiger partial charge is 0.350 e. The third kappa shape index (κ3) is 3.12. The lowest BCUT2D eigenvalue weighted by Gasteiger charge is -2.53. The molecular formula is C22H29N5O2. The maximum Gasteiger partial charge on any atom is 0.243 e. The van der Waals surface area contributed by atoms with Gasteiger partial charge in [-0.3, -0.25) is 9.59 Å². The summed E-state index contributed by atoms with van der Waals surface area (Å²) >= 11 is 0. The van der Waals surface area contributed by atoms with E-state index < -0.39 is 0 Å². The standard InChI is InChI=1S/C22H29N5O2/c1-13-25-17-8-14(6-7-19(17)26(13)2)10-24-22(29)21-16-9-15(11-23-12-16)18-4-3-5-20(28)27(18)21/h6-8,15-16,18,21,23H,3-5,9-12H2,1-2H3,(H,24,29)/t15-,16+,18+,21-/m1/s1. The number of carbonyl (C=O) groups is 2. The Morgan fingerprint density at radius 1 is 1.31 bits per heavy atom. The van der Waals surface area contributed by atoms with Gasteiger partial charge in [-0.25, -0.2) is 4.98 Å². The summed E-state index contributed by atoms with van der Waals surface area (Å²) in [4.78, 5) is 32.5. The van der Waals surface area contributed by atoms with Gasteiger partial charge in [-0.05, 0) is 56.3 Å². The summed E-state index contributed by atoms with van der Waals surface area (Å²) in [6.07, 6.45) is 3.57. The van der Waals surface area contributed by atoms with Gasteiger partial charge < -0.3 is 20.1 Å². The van der Waals surface area contributed by atoms with E-state index in [-0.39, 0.29) is 29.8 Å². The Hall–Kier alpha value is -2.41. The summed E-state index contributed by atoms with van der Waals surface area (Å²) in [5, 5.41) is 6.61. The third-order valence-corrected chi connectivity index (χ3v) is 7.15. The van der Waals surface area contributed by atoms with Crippen LogP contribution in [-0.2, 0) is 23.2 Å². The molecule has 29 heavy (non-hydrogen) atoms. The van der Waals surface area contributed by atoms with Crippen LogP contribution in [0.15, 0.2) is 18.2 Å². The van der Waals surface area contributed by atoms with Crippen LogP contribution < -0.4 is 10.6 Å². The fraction of sp³-hybridized carbons (Fsp3) is 0.591. The van der Waals surface area contributed by atoms with Gasteiger partial charge in [0.1, 0.15) is 11.9 Å². The first kappa shape index (κ1) is 18.6. The first-order valence-corrected chi connectivity index (χ1v) is 10.7. The number of hydrogen-bond acceptors (Lipinski definition) is 4. The smallest absolute Gasteiger partial charge is 0.243 e. The Morgan fingerprint density at radius 3 is 3.00 bits per heavy atom. The minimum atomic E-state index is -0.349. The fourth-order valence-corrected chi connectivity index (χ4v) is 5.62. The van der Waals surface area contributed by atoms with E-state index in [1.165, 1.54) is 0 Å². The summed E-state index contributed by atoms with van der Waals surface area (Å²) in [6.45, 7) is 4.21. The third-order valence-electron chi connectivity index (χ3n) is 7.15. The maximum atomic E-state index is 13.2. The van der Waals surface area contributed by atoms with Crippen LogP contribution in [-0.4, -0.2) is 51.4 Å². The average Bonchev–Trinajstić information content (AvgIpc) is 3.00. The Morgan fingerprint density at radius 2 is 2.14 bits per heavy atom. The van der Waals surface area contributed by atoms with Gasteiger partial charge >= 0.3 is 0 Å². The van der Waals surface area contributed by atoms with Crippen LogP contribution in [0.25, 0.3) is 11.0 Å². The lowest BCUT2D eigenvalue weighted by Crippen LogP contribution is -2.67. The van der Waals surface area contributed by atoms with E-state index >= 15 is 0 Å². The van der Waals surface area contributed by atoms with Crippen molar-refractivity contribution in [3.05, 3.63) is 29.6 Å². The number of rotatable bonds is 3. The molecule has 1 aromatic heterocycles. The van der Waals surface area contributed by atoms with E-state index in [2.05, 4.69) is 26.3 Å². The van der Waals surface area contributed by atoms with E-state index in [9.17, 15) is 9.59 Å². The zero-order chi connectivity index (χ0) is 20.1. The zero-order valence-electron chi connectivity index (χ0n) is 17.1. The Kier molecular flexibility index (Phi) is 4.57. The number of fused-ring (bicyclic) bond motifs is 5. The molecule has 2 N–H and O–H groups in total. The molecule has 154 valence electrons. The van der Waals surface area contributed by atoms with Crippen LogP contribution in [0.4, 0.5) is 0 Å². The normalized spacial score (nSPS) is 29.0. The van der Waals surface area contributed by atoms with Gasteiger partial charge in [-0.1, -0.05) is 6.07 Å². The molecule has 0 radical (unpaired) electrons. The summed E-state index contributed by atoms with van der Waals surface area (Å²) in [6, 6.07) is 5.99. The SMILES string of the molecule is Cc1nc2cc(CNC(=O)[C@H]3[C@@H]4CNC[C@@H](C4)[C@@H]4CCCC(=O)N43)ccc2n1C. The number of nitrogens with one attached hydrogen (secondary N) is 2. The number of aryl methyl sites for hydroxylation is 2. The highest BCUT2D eigenvalue weighted by molar-refractivity contribution is 5.89. The second-order valence-electron chi connectivity index (χ2n) is 8.88. The summed E-state index contributed by atoms with van der Waals surface area (Å²) in [7, 11) is 2.01. The molecule has 7 heteroatoms. The first-order chi connectivity index (χ1) is 14.0. The van der Waals surface area contributed by atoms with Crippen LogP contribution >= 0.6 is 0 Å². The number of aromatic nitrogens is 2. The molecule has 0 unspecified atom stereocenters. The van der Waals surface area contributed by atoms with Crippen LogP contribution in [0.2, 0.25) is 0 Å². The van der Waals surface area contributed by atoms with Gasteiger partial charge in [0.25, 0.3) is 0 Å². The van der Waals surface area contributed by atoms with Crippen molar-refractivity contribution in [1.29, 1.82) is 0 Å². The van der Waals surface area contributed by atoms with Crippen LogP contribution in [0, 0.1) is 18.8 Å². The van der Waals surface area contributed by atoms with Crippen LogP contribution in [0.5, 0.6) is 0 Å². The molecule has 1 aromatic carbocycles. The molecule has 2 amide bonds. The van der Waals surface area contributed by atoms with Crippen molar-refractivity contribution < 1.29 is 9.59 Å². The molecule has 4 heterocycles. The Labute approximate surface area is 170 Å². The number of nitrogens with zero attached hydrogens (tertiary/aromatic N) is 3. The fourth-order valence-electron chi connectivity index (χ4n) is 5.62. The quantitative estimate of drug-likeness (QED) is 0.825. The average molecular weight is 396 g/mol. The summed E-state index contributed by atoms with van der Waals surface area (Å²) in [5.41, 5.74) is 3.06. The predicted octanol–water partition coefficient (Wildman–Crippen LogP) is 1.49. The van der Waals surface area contributed by atoms with Gasteiger partial charge in [-0.2, -0.15) is 0 Å². The van der Waals surface area contributed by atoms with Crippen molar-refractivity contribution in [3.8, 4) is 0 Å². The minimum absolute atomic E-state index is 0.0188. The van der Waals surface area contributed by atoms with Gasteiger partial charge in [0.2, 0.25) is 11.8 Å². The Bertz CT molecular complexity index is 968. The molecule has 5 rings (SSSR count). The highest BCUT2D eigenvalue weighted by atomic mass is 16.2. The lowest BCUT2D eigenvalue weighted by molar-refractivity contribution is -0.157. The van der Waals surface area contributed by atoms with Crippen molar-refractivity contribution in [3.63, 3.8) is 0 Å². The van der Waals surface area contributed by atoms with Crippen molar-refractivity contribution in [2.24, 2.45) is 18.9 Å². The zero-order valence-corrected chi connectivity index (χ0v) is 17.1. The van der Waals surface area contributed by atoms with Gasteiger partial charge in [-0.15, -0.1) is 0 Å². The molecule has 2 bridgehead atoms. The number of hydrogen-bond donors (Lipinski definition) is 2. The highest BCUT2D eigenvalue weighted by Crippen LogP contribution is 2.39. The van der Waals surface area contributed by atoms with E-state index in [1.807, 2.05) is 31.0 Å². The van der Waals surface area contributed by atoms with Gasteiger partial charge in [0, 0.05) is 38.5 Å². The van der Waals surface area contributed by atoms with E-state index in [1.54, 1.807) is 0 Å². The molecule has 2 aromatic rings. The number of imidazole rings is 1. The molecule has 0 saturated carbocycles. The number of benzene rings is 1. The molecule has 4 atom stereocenters. The molecule has 3 fully saturated rings. The summed E-state index contributed by atoms with van der Waals surface area (Å²) < 4.78 is 2.06. The van der Waals surface area contributed by atoms with Crippen LogP contribution in [0.1, 0.15) is 37.1 Å². The molecule has 7 nitrogen and oxygen atoms in total. The second-order valence-corrected chi connectivity index (χ2v) is 8.88. The molecule has 3 aliphatic rings. The number of piperidine rings is 3. The minimum Gasteiger partial charge on any atom is -0.350 e. The van der Waals surface area contributed by atoms with Crippen LogP contribution in [0.3, 0.4) is 0 Å². The predicted molar refractivity (Wildman–Crippen MR) is 110 cm³/mol. The van der Waals surface area contributed by atoms with E-state index in [0.29, 0.717) is 18.9 Å². The van der Waals surface area contributed by atoms with Crippen molar-refractivity contribution in [2.75, 3.05) is 13.1 Å². The highest BCUT2D eigenvalue weighted by Gasteiger charge is 2.50. The topological polar surface area (TPSA) is 79.3 Å². The van der Waals surface area contributed by atoms with Crippen molar-refractivity contribution >= 4 is 22.8 Å². The van der Waals surface area contributed by atoms with Crippen molar-refractivity contribution in [1.82, 2.24) is 25.1 Å². The van der Waals surface area contributed by atoms with Gasteiger partial charge in [0.05, 0.1) is 11.0 Å². The maximum absolute atomic E-state index is 13.2. The molecule has 3 aliphatic heterocycles. The van der Waals surface area contributed by atoms with E-state index in [4.69, 9.17) is 0 Å².